The average Bonchev–Trinajstić information content (AvgIpc) is 3.56. The van der Waals surface area contributed by atoms with Gasteiger partial charge in [-0.1, -0.05) is 12.1 Å². The van der Waals surface area contributed by atoms with Crippen molar-refractivity contribution in [2.75, 3.05) is 0 Å². The van der Waals surface area contributed by atoms with Crippen molar-refractivity contribution in [3.05, 3.63) is 47.8 Å². The maximum absolute atomic E-state index is 6.43. The Bertz CT molecular complexity index is 963. The molecule has 3 saturated carbocycles. The summed E-state index contributed by atoms with van der Waals surface area (Å²) in [6.07, 6.45) is 10.5. The number of aromatic nitrogens is 3. The summed E-state index contributed by atoms with van der Waals surface area (Å²) in [5.41, 5.74) is 13.1. The molecule has 1 aromatic carbocycles. The summed E-state index contributed by atoms with van der Waals surface area (Å²) in [5, 5.41) is 8.58. The molecular formula is C21H22N4. The number of H-pyrrole nitrogens is 1. The zero-order valence-corrected chi connectivity index (χ0v) is 14.2. The van der Waals surface area contributed by atoms with Crippen molar-refractivity contribution in [2.45, 2.75) is 50.0 Å². The number of nitrogens with one attached hydrogen (secondary N) is 1. The van der Waals surface area contributed by atoms with Gasteiger partial charge in [-0.25, -0.2) is 0 Å². The van der Waals surface area contributed by atoms with E-state index in [4.69, 9.17) is 10.7 Å². The highest BCUT2D eigenvalue weighted by atomic mass is 15.1. The van der Waals surface area contributed by atoms with E-state index in [9.17, 15) is 0 Å². The largest absolute Gasteiger partial charge is 0.327 e. The lowest BCUT2D eigenvalue weighted by molar-refractivity contribution is 0.183. The highest BCUT2D eigenvalue weighted by Crippen LogP contribution is 2.65. The van der Waals surface area contributed by atoms with Crippen molar-refractivity contribution < 1.29 is 0 Å². The lowest BCUT2D eigenvalue weighted by Gasteiger charge is -2.43. The average molecular weight is 330 g/mol. The van der Waals surface area contributed by atoms with Crippen LogP contribution in [0.5, 0.6) is 0 Å². The third-order valence-electron chi connectivity index (χ3n) is 6.80. The standard InChI is InChI=1S/C21H22N4/c22-20-15(9-21(20)7-8-21)13-3-5-17(23-10-13)14-4-6-18-16(11-24-25-18)19(14)12-1-2-12/h3-6,10-12,15,20H,1-2,7-9,22H2,(H,24,25)/t15?,20-/m0/s1. The van der Waals surface area contributed by atoms with Crippen molar-refractivity contribution in [1.29, 1.82) is 0 Å². The Morgan fingerprint density at radius 3 is 2.64 bits per heavy atom. The van der Waals surface area contributed by atoms with Crippen molar-refractivity contribution in [2.24, 2.45) is 11.1 Å². The zero-order chi connectivity index (χ0) is 16.6. The Kier molecular flexibility index (Phi) is 2.64. The van der Waals surface area contributed by atoms with E-state index in [1.54, 1.807) is 0 Å². The molecule has 25 heavy (non-hydrogen) atoms. The molecule has 0 radical (unpaired) electrons. The van der Waals surface area contributed by atoms with E-state index in [2.05, 4.69) is 40.7 Å². The van der Waals surface area contributed by atoms with E-state index in [0.29, 0.717) is 23.3 Å². The van der Waals surface area contributed by atoms with Crippen molar-refractivity contribution in [1.82, 2.24) is 15.2 Å². The summed E-state index contributed by atoms with van der Waals surface area (Å²) in [4.78, 5) is 4.83. The quantitative estimate of drug-likeness (QED) is 0.760. The molecule has 3 aliphatic rings. The van der Waals surface area contributed by atoms with Crippen LogP contribution in [0.1, 0.15) is 55.1 Å². The van der Waals surface area contributed by atoms with Crippen LogP contribution in [-0.4, -0.2) is 21.2 Å². The first-order valence-electron chi connectivity index (χ1n) is 9.43. The second-order valence-corrected chi connectivity index (χ2v) is 8.31. The molecule has 0 aliphatic heterocycles. The highest BCUT2D eigenvalue weighted by Gasteiger charge is 2.59. The van der Waals surface area contributed by atoms with Gasteiger partial charge in [0.25, 0.3) is 0 Å². The monoisotopic (exact) mass is 330 g/mol. The van der Waals surface area contributed by atoms with E-state index >= 15 is 0 Å². The SMILES string of the molecule is N[C@H]1C(c2ccc(-c3ccc4[nH]ncc4c3C3CC3)nc2)CC12CC2. The molecule has 4 nitrogen and oxygen atoms in total. The predicted molar refractivity (Wildman–Crippen MR) is 98.3 cm³/mol. The van der Waals surface area contributed by atoms with Crippen LogP contribution in [0.3, 0.4) is 0 Å². The molecular weight excluding hydrogens is 308 g/mol. The molecule has 3 fully saturated rings. The third kappa shape index (κ3) is 1.97. The minimum Gasteiger partial charge on any atom is -0.327 e. The smallest absolute Gasteiger partial charge is 0.0705 e. The molecule has 3 aliphatic carbocycles. The second-order valence-electron chi connectivity index (χ2n) is 8.31. The summed E-state index contributed by atoms with van der Waals surface area (Å²) in [6.45, 7) is 0. The number of fused-ring (bicyclic) bond motifs is 1. The maximum Gasteiger partial charge on any atom is 0.0705 e. The van der Waals surface area contributed by atoms with Crippen molar-refractivity contribution in [3.8, 4) is 11.3 Å². The van der Waals surface area contributed by atoms with Crippen LogP contribution in [0, 0.1) is 5.41 Å². The molecule has 6 rings (SSSR count). The van der Waals surface area contributed by atoms with Crippen LogP contribution in [0.25, 0.3) is 22.2 Å². The van der Waals surface area contributed by atoms with Crippen LogP contribution < -0.4 is 5.73 Å². The fourth-order valence-corrected chi connectivity index (χ4v) is 4.85. The van der Waals surface area contributed by atoms with Crippen molar-refractivity contribution in [3.63, 3.8) is 0 Å². The summed E-state index contributed by atoms with van der Waals surface area (Å²) in [6, 6.07) is 9.10. The number of hydrogen-bond acceptors (Lipinski definition) is 3. The van der Waals surface area contributed by atoms with Gasteiger partial charge in [0.05, 0.1) is 17.4 Å². The first-order valence-corrected chi connectivity index (χ1v) is 9.43. The highest BCUT2D eigenvalue weighted by molar-refractivity contribution is 5.89. The molecule has 3 N–H and O–H groups in total. The molecule has 2 aromatic heterocycles. The molecule has 0 bridgehead atoms. The number of rotatable bonds is 3. The van der Waals surface area contributed by atoms with Gasteiger partial charge in [-0.3, -0.25) is 10.1 Å². The molecule has 0 amide bonds. The number of benzene rings is 1. The Hall–Kier alpha value is -2.20. The Balaban J connectivity index is 1.38. The van der Waals surface area contributed by atoms with Crippen LogP contribution in [0.15, 0.2) is 36.7 Å². The molecule has 4 heteroatoms. The molecule has 3 aromatic rings. The Labute approximate surface area is 146 Å². The summed E-state index contributed by atoms with van der Waals surface area (Å²) in [5.74, 6) is 1.16. The number of nitrogens with two attached hydrogens (primary N) is 1. The van der Waals surface area contributed by atoms with Gasteiger partial charge in [-0.05, 0) is 66.7 Å². The Morgan fingerprint density at radius 2 is 1.96 bits per heavy atom. The van der Waals surface area contributed by atoms with Crippen LogP contribution in [0.4, 0.5) is 0 Å². The van der Waals surface area contributed by atoms with Gasteiger partial charge in [0, 0.05) is 29.1 Å². The minimum atomic E-state index is 0.337. The van der Waals surface area contributed by atoms with Crippen LogP contribution >= 0.6 is 0 Å². The number of aromatic amines is 1. The number of hydrogen-bond donors (Lipinski definition) is 2. The lowest BCUT2D eigenvalue weighted by atomic mass is 9.65. The summed E-state index contributed by atoms with van der Waals surface area (Å²) >= 11 is 0. The topological polar surface area (TPSA) is 67.6 Å². The van der Waals surface area contributed by atoms with E-state index in [1.165, 1.54) is 54.2 Å². The van der Waals surface area contributed by atoms with E-state index < -0.39 is 0 Å². The van der Waals surface area contributed by atoms with Gasteiger partial charge >= 0.3 is 0 Å². The van der Waals surface area contributed by atoms with Gasteiger partial charge in [-0.2, -0.15) is 5.10 Å². The minimum absolute atomic E-state index is 0.337. The van der Waals surface area contributed by atoms with Crippen LogP contribution in [-0.2, 0) is 0 Å². The number of pyridine rings is 1. The van der Waals surface area contributed by atoms with Gasteiger partial charge in [-0.15, -0.1) is 0 Å². The molecule has 1 unspecified atom stereocenters. The molecule has 2 atom stereocenters. The normalized spacial score (nSPS) is 26.8. The summed E-state index contributed by atoms with van der Waals surface area (Å²) < 4.78 is 0. The zero-order valence-electron chi connectivity index (χ0n) is 14.2. The van der Waals surface area contributed by atoms with Crippen LogP contribution in [0.2, 0.25) is 0 Å². The predicted octanol–water partition coefficient (Wildman–Crippen LogP) is 4.10. The van der Waals surface area contributed by atoms with Gasteiger partial charge in [0.1, 0.15) is 0 Å². The van der Waals surface area contributed by atoms with Gasteiger partial charge < -0.3 is 5.73 Å². The molecule has 2 heterocycles. The molecule has 126 valence electrons. The first-order chi connectivity index (χ1) is 12.3. The molecule has 1 spiro atoms. The molecule has 0 saturated heterocycles. The fraction of sp³-hybridized carbons (Fsp3) is 0.429. The van der Waals surface area contributed by atoms with Gasteiger partial charge in [0.15, 0.2) is 0 Å². The second kappa shape index (κ2) is 4.70. The van der Waals surface area contributed by atoms with E-state index in [1.807, 2.05) is 6.20 Å². The van der Waals surface area contributed by atoms with Crippen molar-refractivity contribution >= 4 is 10.9 Å². The van der Waals surface area contributed by atoms with E-state index in [-0.39, 0.29) is 0 Å². The lowest BCUT2D eigenvalue weighted by Crippen LogP contribution is -2.48. The third-order valence-corrected chi connectivity index (χ3v) is 6.80. The first kappa shape index (κ1) is 14.0. The van der Waals surface area contributed by atoms with E-state index in [0.717, 1.165) is 11.2 Å². The fourth-order valence-electron chi connectivity index (χ4n) is 4.85. The number of nitrogens with zero attached hydrogens (tertiary/aromatic N) is 2. The maximum atomic E-state index is 6.43. The Morgan fingerprint density at radius 1 is 1.08 bits per heavy atom. The summed E-state index contributed by atoms with van der Waals surface area (Å²) in [7, 11) is 0. The van der Waals surface area contributed by atoms with Gasteiger partial charge in [0.2, 0.25) is 0 Å².